The molecule has 1 aromatic carbocycles. The molecule has 0 aliphatic heterocycles. The normalized spacial score (nSPS) is 10.0. The fraction of sp³-hybridized carbons (Fsp3) is 0.214. The van der Waals surface area contributed by atoms with Gasteiger partial charge in [-0.15, -0.1) is 0 Å². The number of nitrogens with one attached hydrogen (secondary N) is 1. The molecule has 0 atom stereocenters. The third kappa shape index (κ3) is 3.59. The number of ether oxygens (including phenoxy) is 2. The Morgan fingerprint density at radius 3 is 2.81 bits per heavy atom. The van der Waals surface area contributed by atoms with Crippen molar-refractivity contribution < 1.29 is 14.4 Å². The van der Waals surface area contributed by atoms with E-state index in [1.54, 1.807) is 24.3 Å². The molecule has 2 aromatic rings. The first-order valence-electron chi connectivity index (χ1n) is 6.35. The summed E-state index contributed by atoms with van der Waals surface area (Å²) >= 11 is 0. The van der Waals surface area contributed by atoms with Crippen molar-refractivity contribution in [3.05, 3.63) is 46.5 Å². The number of pyridine rings is 1. The number of nitro groups is 1. The number of hydrogen-bond donors (Lipinski definition) is 1. The van der Waals surface area contributed by atoms with Crippen molar-refractivity contribution in [3.8, 4) is 17.4 Å². The Hall–Kier alpha value is -2.83. The fourth-order valence-electron chi connectivity index (χ4n) is 1.72. The van der Waals surface area contributed by atoms with Gasteiger partial charge >= 0.3 is 5.69 Å². The van der Waals surface area contributed by atoms with Crippen molar-refractivity contribution in [1.82, 2.24) is 4.98 Å². The molecule has 0 aliphatic rings. The predicted molar refractivity (Wildman–Crippen MR) is 78.1 cm³/mol. The number of hydrogen-bond acceptors (Lipinski definition) is 6. The molecule has 1 heterocycles. The molecule has 0 radical (unpaired) electrons. The number of anilines is 1. The van der Waals surface area contributed by atoms with Crippen LogP contribution in [-0.4, -0.2) is 23.6 Å². The number of nitrogens with zero attached hydrogens (tertiary/aromatic N) is 2. The molecule has 0 fully saturated rings. The highest BCUT2D eigenvalue weighted by atomic mass is 16.6. The van der Waals surface area contributed by atoms with Gasteiger partial charge in [-0.05, 0) is 25.1 Å². The summed E-state index contributed by atoms with van der Waals surface area (Å²) in [6, 6.07) is 9.57. The van der Waals surface area contributed by atoms with Gasteiger partial charge in [0.1, 0.15) is 11.6 Å². The van der Waals surface area contributed by atoms with Crippen molar-refractivity contribution >= 4 is 11.5 Å². The van der Waals surface area contributed by atoms with E-state index in [2.05, 4.69) is 10.3 Å². The Balaban J connectivity index is 2.30. The SMILES string of the molecule is CCNc1cccc(Oc2ccc(OC)cc2[N+](=O)[O-])n1. The van der Waals surface area contributed by atoms with Gasteiger partial charge in [-0.25, -0.2) is 0 Å². The van der Waals surface area contributed by atoms with Crippen LogP contribution in [0.4, 0.5) is 11.5 Å². The lowest BCUT2D eigenvalue weighted by molar-refractivity contribution is -0.385. The van der Waals surface area contributed by atoms with Crippen LogP contribution in [0, 0.1) is 10.1 Å². The van der Waals surface area contributed by atoms with E-state index >= 15 is 0 Å². The second-order valence-electron chi connectivity index (χ2n) is 4.08. The smallest absolute Gasteiger partial charge is 0.315 e. The minimum absolute atomic E-state index is 0.113. The second kappa shape index (κ2) is 6.56. The Kier molecular flexibility index (Phi) is 4.55. The van der Waals surface area contributed by atoms with Gasteiger partial charge in [0.05, 0.1) is 18.1 Å². The van der Waals surface area contributed by atoms with E-state index < -0.39 is 4.92 Å². The Morgan fingerprint density at radius 2 is 2.14 bits per heavy atom. The van der Waals surface area contributed by atoms with Gasteiger partial charge in [-0.3, -0.25) is 10.1 Å². The first-order valence-corrected chi connectivity index (χ1v) is 6.35. The standard InChI is InChI=1S/C14H15N3O4/c1-3-15-13-5-4-6-14(16-13)21-12-8-7-10(20-2)9-11(12)17(18)19/h4-9H,3H2,1-2H3,(H,15,16). The molecule has 1 N–H and O–H groups in total. The Labute approximate surface area is 121 Å². The van der Waals surface area contributed by atoms with Crippen LogP contribution in [0.1, 0.15) is 6.92 Å². The average Bonchev–Trinajstić information content (AvgIpc) is 2.48. The van der Waals surface area contributed by atoms with Crippen molar-refractivity contribution in [1.29, 1.82) is 0 Å². The highest BCUT2D eigenvalue weighted by molar-refractivity contribution is 5.52. The molecule has 2 rings (SSSR count). The average molecular weight is 289 g/mol. The molecular formula is C14H15N3O4. The summed E-state index contributed by atoms with van der Waals surface area (Å²) in [5.41, 5.74) is -0.176. The summed E-state index contributed by atoms with van der Waals surface area (Å²) in [5, 5.41) is 14.1. The van der Waals surface area contributed by atoms with Gasteiger partial charge in [-0.1, -0.05) is 6.07 Å². The summed E-state index contributed by atoms with van der Waals surface area (Å²) < 4.78 is 10.5. The molecule has 21 heavy (non-hydrogen) atoms. The lowest BCUT2D eigenvalue weighted by atomic mass is 10.3. The summed E-state index contributed by atoms with van der Waals surface area (Å²) in [7, 11) is 1.45. The van der Waals surface area contributed by atoms with Crippen molar-refractivity contribution in [2.75, 3.05) is 19.0 Å². The number of rotatable bonds is 6. The monoisotopic (exact) mass is 289 g/mol. The zero-order chi connectivity index (χ0) is 15.2. The zero-order valence-electron chi connectivity index (χ0n) is 11.7. The first kappa shape index (κ1) is 14.6. The van der Waals surface area contributed by atoms with E-state index in [0.29, 0.717) is 11.6 Å². The van der Waals surface area contributed by atoms with Crippen LogP contribution < -0.4 is 14.8 Å². The van der Waals surface area contributed by atoms with Crippen LogP contribution in [-0.2, 0) is 0 Å². The van der Waals surface area contributed by atoms with E-state index in [4.69, 9.17) is 9.47 Å². The van der Waals surface area contributed by atoms with E-state index in [-0.39, 0.29) is 17.3 Å². The molecule has 0 bridgehead atoms. The number of aromatic nitrogens is 1. The van der Waals surface area contributed by atoms with E-state index in [1.807, 2.05) is 6.92 Å². The Bertz CT molecular complexity index is 646. The largest absolute Gasteiger partial charge is 0.496 e. The molecule has 0 amide bonds. The lowest BCUT2D eigenvalue weighted by Crippen LogP contribution is -2.00. The van der Waals surface area contributed by atoms with Gasteiger partial charge in [0.15, 0.2) is 0 Å². The highest BCUT2D eigenvalue weighted by Gasteiger charge is 2.17. The third-order valence-corrected chi connectivity index (χ3v) is 2.66. The predicted octanol–water partition coefficient (Wildman–Crippen LogP) is 3.22. The van der Waals surface area contributed by atoms with Gasteiger partial charge in [0.25, 0.3) is 0 Å². The minimum atomic E-state index is -0.522. The summed E-state index contributed by atoms with van der Waals surface area (Å²) in [6.45, 7) is 2.67. The van der Waals surface area contributed by atoms with Crippen LogP contribution in [0.3, 0.4) is 0 Å². The maximum absolute atomic E-state index is 11.1. The van der Waals surface area contributed by atoms with Crippen molar-refractivity contribution in [2.45, 2.75) is 6.92 Å². The van der Waals surface area contributed by atoms with Crippen molar-refractivity contribution in [2.24, 2.45) is 0 Å². The second-order valence-corrected chi connectivity index (χ2v) is 4.08. The van der Waals surface area contributed by atoms with Gasteiger partial charge in [0, 0.05) is 12.6 Å². The van der Waals surface area contributed by atoms with Crippen LogP contribution in [0.15, 0.2) is 36.4 Å². The molecule has 7 nitrogen and oxygen atoms in total. The highest BCUT2D eigenvalue weighted by Crippen LogP contribution is 2.33. The van der Waals surface area contributed by atoms with Crippen LogP contribution in [0.5, 0.6) is 17.4 Å². The number of benzene rings is 1. The van der Waals surface area contributed by atoms with Gasteiger partial charge in [-0.2, -0.15) is 4.98 Å². The molecule has 0 spiro atoms. The lowest BCUT2D eigenvalue weighted by Gasteiger charge is -2.08. The fourth-order valence-corrected chi connectivity index (χ4v) is 1.72. The summed E-state index contributed by atoms with van der Waals surface area (Å²) in [6.07, 6.45) is 0. The van der Waals surface area contributed by atoms with Crippen LogP contribution in [0.2, 0.25) is 0 Å². The molecule has 1 aromatic heterocycles. The van der Waals surface area contributed by atoms with Gasteiger partial charge in [0.2, 0.25) is 11.6 Å². The maximum Gasteiger partial charge on any atom is 0.315 e. The molecule has 110 valence electrons. The van der Waals surface area contributed by atoms with E-state index in [1.165, 1.54) is 19.2 Å². The molecule has 7 heteroatoms. The third-order valence-electron chi connectivity index (χ3n) is 2.66. The van der Waals surface area contributed by atoms with Crippen LogP contribution >= 0.6 is 0 Å². The molecule has 0 saturated heterocycles. The quantitative estimate of drug-likeness (QED) is 0.649. The number of nitro benzene ring substituents is 1. The van der Waals surface area contributed by atoms with E-state index in [9.17, 15) is 10.1 Å². The first-order chi connectivity index (χ1) is 10.1. The molecular weight excluding hydrogens is 274 g/mol. The summed E-state index contributed by atoms with van der Waals surface area (Å²) in [4.78, 5) is 14.8. The molecule has 0 unspecified atom stereocenters. The topological polar surface area (TPSA) is 86.5 Å². The van der Waals surface area contributed by atoms with Crippen molar-refractivity contribution in [3.63, 3.8) is 0 Å². The maximum atomic E-state index is 11.1. The Morgan fingerprint density at radius 1 is 1.33 bits per heavy atom. The number of methoxy groups -OCH3 is 1. The molecule has 0 saturated carbocycles. The summed E-state index contributed by atoms with van der Waals surface area (Å²) in [5.74, 6) is 1.43. The molecule has 0 aliphatic carbocycles. The minimum Gasteiger partial charge on any atom is -0.496 e. The zero-order valence-corrected chi connectivity index (χ0v) is 11.7. The van der Waals surface area contributed by atoms with Crippen LogP contribution in [0.25, 0.3) is 0 Å². The van der Waals surface area contributed by atoms with Gasteiger partial charge < -0.3 is 14.8 Å². The van der Waals surface area contributed by atoms with E-state index in [0.717, 1.165) is 6.54 Å².